The van der Waals surface area contributed by atoms with Gasteiger partial charge in [0.05, 0.1) is 6.54 Å². The van der Waals surface area contributed by atoms with Gasteiger partial charge < -0.3 is 5.32 Å². The number of carbonyl (C=O) groups is 3. The second-order valence-electron chi connectivity index (χ2n) is 7.71. The Labute approximate surface area is 169 Å². The fourth-order valence-electron chi connectivity index (χ4n) is 3.95. The summed E-state index contributed by atoms with van der Waals surface area (Å²) in [7, 11) is 0. The van der Waals surface area contributed by atoms with E-state index < -0.39 is 17.5 Å². The average Bonchev–Trinajstić information content (AvgIpc) is 2.93. The third kappa shape index (κ3) is 3.09. The first-order valence-corrected chi connectivity index (χ1v) is 9.54. The number of carbonyl (C=O) groups excluding carboxylic acids is 3. The third-order valence-electron chi connectivity index (χ3n) is 5.60. The van der Waals surface area contributed by atoms with Crippen molar-refractivity contribution in [2.24, 2.45) is 0 Å². The number of urea groups is 1. The molecule has 3 amide bonds. The molecule has 1 atom stereocenters. The Morgan fingerprint density at radius 3 is 2.52 bits per heavy atom. The van der Waals surface area contributed by atoms with Gasteiger partial charge in [-0.05, 0) is 48.7 Å². The highest BCUT2D eigenvalue weighted by Gasteiger charge is 2.50. The monoisotopic (exact) mass is 386 g/mol. The predicted molar refractivity (Wildman–Crippen MR) is 112 cm³/mol. The molecule has 0 radical (unpaired) electrons. The maximum atomic E-state index is 13.3. The highest BCUT2D eigenvalue weighted by Crippen LogP contribution is 2.34. The molecule has 1 heterocycles. The summed E-state index contributed by atoms with van der Waals surface area (Å²) in [5.74, 6) is -0.672. The summed E-state index contributed by atoms with van der Waals surface area (Å²) in [5, 5.41) is 4.69. The largest absolute Gasteiger partial charge is 0.325 e. The van der Waals surface area contributed by atoms with Gasteiger partial charge in [0.2, 0.25) is 0 Å². The number of nitrogens with zero attached hydrogens (tertiary/aromatic N) is 1. The quantitative estimate of drug-likeness (QED) is 0.542. The van der Waals surface area contributed by atoms with E-state index in [-0.39, 0.29) is 12.3 Å². The Hall–Kier alpha value is -3.47. The van der Waals surface area contributed by atoms with Gasteiger partial charge in [-0.25, -0.2) is 4.79 Å². The summed E-state index contributed by atoms with van der Waals surface area (Å²) in [6.45, 7) is 5.16. The second kappa shape index (κ2) is 6.85. The molecule has 0 spiro atoms. The maximum Gasteiger partial charge on any atom is 0.325 e. The Kier molecular flexibility index (Phi) is 4.46. The highest BCUT2D eigenvalue weighted by molar-refractivity contribution is 6.12. The number of benzene rings is 3. The van der Waals surface area contributed by atoms with E-state index in [1.54, 1.807) is 13.0 Å². The molecule has 5 nitrogen and oxygen atoms in total. The first kappa shape index (κ1) is 18.9. The number of ketones is 1. The molecular weight excluding hydrogens is 364 g/mol. The van der Waals surface area contributed by atoms with Crippen LogP contribution in [0.3, 0.4) is 0 Å². The van der Waals surface area contributed by atoms with Crippen LogP contribution in [-0.2, 0) is 10.3 Å². The van der Waals surface area contributed by atoms with Gasteiger partial charge in [0.25, 0.3) is 5.91 Å². The van der Waals surface area contributed by atoms with Crippen LogP contribution in [-0.4, -0.2) is 29.2 Å². The van der Waals surface area contributed by atoms with Crippen molar-refractivity contribution in [2.75, 3.05) is 6.54 Å². The molecular formula is C24H22N2O3. The van der Waals surface area contributed by atoms with Gasteiger partial charge in [0.15, 0.2) is 5.78 Å². The van der Waals surface area contributed by atoms with Gasteiger partial charge in [0.1, 0.15) is 5.54 Å². The van der Waals surface area contributed by atoms with Crippen molar-refractivity contribution in [3.63, 3.8) is 0 Å². The van der Waals surface area contributed by atoms with Crippen molar-refractivity contribution in [1.29, 1.82) is 0 Å². The van der Waals surface area contributed by atoms with Crippen LogP contribution in [0.5, 0.6) is 0 Å². The van der Waals surface area contributed by atoms with E-state index in [1.807, 2.05) is 68.4 Å². The summed E-state index contributed by atoms with van der Waals surface area (Å²) in [6.07, 6.45) is 0. The summed E-state index contributed by atoms with van der Waals surface area (Å²) < 4.78 is 0. The number of fused-ring (bicyclic) bond motifs is 1. The van der Waals surface area contributed by atoms with Gasteiger partial charge >= 0.3 is 6.03 Å². The lowest BCUT2D eigenvalue weighted by molar-refractivity contribution is -0.130. The fourth-order valence-corrected chi connectivity index (χ4v) is 3.95. The zero-order chi connectivity index (χ0) is 20.8. The van der Waals surface area contributed by atoms with Crippen molar-refractivity contribution >= 4 is 28.5 Å². The minimum absolute atomic E-state index is 0.253. The number of hydrogen-bond acceptors (Lipinski definition) is 3. The van der Waals surface area contributed by atoms with E-state index >= 15 is 0 Å². The van der Waals surface area contributed by atoms with Crippen LogP contribution < -0.4 is 5.32 Å². The Morgan fingerprint density at radius 2 is 1.72 bits per heavy atom. The van der Waals surface area contributed by atoms with Gasteiger partial charge in [-0.1, -0.05) is 60.2 Å². The van der Waals surface area contributed by atoms with Gasteiger partial charge in [0, 0.05) is 5.56 Å². The van der Waals surface area contributed by atoms with Gasteiger partial charge in [-0.15, -0.1) is 0 Å². The second-order valence-corrected chi connectivity index (χ2v) is 7.71. The Bertz CT molecular complexity index is 1160. The SMILES string of the molecule is Cc1ccc(C)c(C(=O)CN2C(=O)N[C@@](C)(c3cccc4ccccc34)C2=O)c1. The maximum absolute atomic E-state index is 13.3. The summed E-state index contributed by atoms with van der Waals surface area (Å²) in [6, 6.07) is 18.4. The molecule has 1 saturated heterocycles. The van der Waals surface area contributed by atoms with Crippen LogP contribution >= 0.6 is 0 Å². The van der Waals surface area contributed by atoms with Crippen LogP contribution in [0.2, 0.25) is 0 Å². The van der Waals surface area contributed by atoms with Crippen LogP contribution in [0.25, 0.3) is 10.8 Å². The van der Waals surface area contributed by atoms with Gasteiger partial charge in [-0.2, -0.15) is 0 Å². The number of Topliss-reactive ketones (excluding diaryl/α,β-unsaturated/α-hetero) is 1. The molecule has 1 aliphatic heterocycles. The third-order valence-corrected chi connectivity index (χ3v) is 5.60. The van der Waals surface area contributed by atoms with Crippen molar-refractivity contribution in [3.8, 4) is 0 Å². The molecule has 3 aromatic rings. The molecule has 1 fully saturated rings. The van der Waals surface area contributed by atoms with E-state index in [9.17, 15) is 14.4 Å². The van der Waals surface area contributed by atoms with Crippen molar-refractivity contribution in [1.82, 2.24) is 10.2 Å². The minimum Gasteiger partial charge on any atom is -0.319 e. The highest BCUT2D eigenvalue weighted by atomic mass is 16.2. The van der Waals surface area contributed by atoms with Crippen molar-refractivity contribution < 1.29 is 14.4 Å². The molecule has 0 unspecified atom stereocenters. The lowest BCUT2D eigenvalue weighted by Gasteiger charge is -2.24. The van der Waals surface area contributed by atoms with E-state index in [0.717, 1.165) is 32.4 Å². The van der Waals surface area contributed by atoms with Crippen LogP contribution in [0.4, 0.5) is 4.79 Å². The number of rotatable bonds is 4. The molecule has 1 N–H and O–H groups in total. The molecule has 5 heteroatoms. The van der Waals surface area contributed by atoms with Gasteiger partial charge in [-0.3, -0.25) is 14.5 Å². The van der Waals surface area contributed by atoms with E-state index in [0.29, 0.717) is 5.56 Å². The molecule has 29 heavy (non-hydrogen) atoms. The molecule has 146 valence electrons. The van der Waals surface area contributed by atoms with E-state index in [1.165, 1.54) is 0 Å². The summed E-state index contributed by atoms with van der Waals surface area (Å²) >= 11 is 0. The minimum atomic E-state index is -1.22. The zero-order valence-electron chi connectivity index (χ0n) is 16.7. The first-order valence-electron chi connectivity index (χ1n) is 9.54. The summed E-state index contributed by atoms with van der Waals surface area (Å²) in [4.78, 5) is 39.8. The van der Waals surface area contributed by atoms with Crippen LogP contribution in [0.1, 0.15) is 34.0 Å². The van der Waals surface area contributed by atoms with Crippen molar-refractivity contribution in [2.45, 2.75) is 26.3 Å². The molecule has 0 saturated carbocycles. The number of amides is 3. The smallest absolute Gasteiger partial charge is 0.319 e. The number of hydrogen-bond donors (Lipinski definition) is 1. The topological polar surface area (TPSA) is 66.5 Å². The zero-order valence-corrected chi connectivity index (χ0v) is 16.7. The molecule has 0 bridgehead atoms. The predicted octanol–water partition coefficient (Wildman–Crippen LogP) is 4.11. The standard InChI is InChI=1S/C24H22N2O3/c1-15-11-12-16(2)19(13-15)21(27)14-26-22(28)24(3,25-23(26)29)20-10-6-8-17-7-4-5-9-18(17)20/h4-13H,14H2,1-3H3,(H,25,29)/t24-/m0/s1. The molecule has 4 rings (SSSR count). The Morgan fingerprint density at radius 1 is 1.00 bits per heavy atom. The lowest BCUT2D eigenvalue weighted by atomic mass is 9.87. The fraction of sp³-hybridized carbons (Fsp3) is 0.208. The first-order chi connectivity index (χ1) is 13.8. The number of aryl methyl sites for hydroxylation is 2. The van der Waals surface area contributed by atoms with Crippen LogP contribution in [0, 0.1) is 13.8 Å². The van der Waals surface area contributed by atoms with Crippen LogP contribution in [0.15, 0.2) is 60.7 Å². The normalized spacial score (nSPS) is 18.9. The molecule has 3 aromatic carbocycles. The Balaban J connectivity index is 1.68. The van der Waals surface area contributed by atoms with Crippen molar-refractivity contribution in [3.05, 3.63) is 82.9 Å². The summed E-state index contributed by atoms with van der Waals surface area (Å²) in [5.41, 5.74) is 1.81. The number of imide groups is 1. The lowest BCUT2D eigenvalue weighted by Crippen LogP contribution is -2.41. The molecule has 0 aromatic heterocycles. The van der Waals surface area contributed by atoms with E-state index in [2.05, 4.69) is 5.32 Å². The number of nitrogens with one attached hydrogen (secondary N) is 1. The average molecular weight is 386 g/mol. The molecule has 0 aliphatic carbocycles. The molecule has 1 aliphatic rings. The van der Waals surface area contributed by atoms with E-state index in [4.69, 9.17) is 0 Å².